The Labute approximate surface area is 147 Å². The molecule has 0 unspecified atom stereocenters. The summed E-state index contributed by atoms with van der Waals surface area (Å²) in [5, 5.41) is 0. The molecule has 0 atom stereocenters. The third-order valence-electron chi connectivity index (χ3n) is 5.87. The Hall–Kier alpha value is -2.75. The molecule has 0 fully saturated rings. The molecule has 3 aromatic heterocycles. The van der Waals surface area contributed by atoms with Crippen LogP contribution >= 0.6 is 0 Å². The number of fused-ring (bicyclic) bond motifs is 4. The lowest BCUT2D eigenvalue weighted by molar-refractivity contribution is 0.588. The summed E-state index contributed by atoms with van der Waals surface area (Å²) in [5.41, 5.74) is 7.02. The minimum Gasteiger partial charge on any atom is -0.292 e. The predicted octanol–water partition coefficient (Wildman–Crippen LogP) is 4.62. The highest BCUT2D eigenvalue weighted by atomic mass is 15.2. The third-order valence-corrected chi connectivity index (χ3v) is 5.87. The monoisotopic (exact) mass is 328 g/mol. The molecular formula is C21H20N4. The van der Waals surface area contributed by atoms with Gasteiger partial charge in [0, 0.05) is 52.3 Å². The van der Waals surface area contributed by atoms with Gasteiger partial charge in [-0.3, -0.25) is 14.9 Å². The van der Waals surface area contributed by atoms with E-state index < -0.39 is 0 Å². The maximum Gasteiger partial charge on any atom is 0.141 e. The number of nitrogens with zero attached hydrogens (tertiary/aromatic N) is 4. The van der Waals surface area contributed by atoms with Crippen molar-refractivity contribution < 1.29 is 0 Å². The first-order valence-electron chi connectivity index (χ1n) is 8.63. The molecule has 0 N–H and O–H groups in total. The topological polar surface area (TPSA) is 41.9 Å². The van der Waals surface area contributed by atoms with Crippen molar-refractivity contribution in [3.8, 4) is 0 Å². The zero-order chi connectivity index (χ0) is 17.4. The highest BCUT2D eigenvalue weighted by molar-refractivity contribution is 5.90. The molecule has 0 amide bonds. The molecular weight excluding hydrogens is 308 g/mol. The van der Waals surface area contributed by atoms with Crippen LogP contribution in [-0.2, 0) is 10.8 Å². The zero-order valence-electron chi connectivity index (χ0n) is 14.9. The zero-order valence-corrected chi connectivity index (χ0v) is 14.9. The molecule has 124 valence electrons. The van der Waals surface area contributed by atoms with Crippen LogP contribution in [-0.4, -0.2) is 15.0 Å². The third kappa shape index (κ3) is 1.64. The van der Waals surface area contributed by atoms with Crippen LogP contribution in [0.25, 0.3) is 0 Å². The van der Waals surface area contributed by atoms with E-state index in [1.54, 1.807) is 0 Å². The Morgan fingerprint density at radius 2 is 1.48 bits per heavy atom. The van der Waals surface area contributed by atoms with Gasteiger partial charge in [-0.15, -0.1) is 0 Å². The van der Waals surface area contributed by atoms with E-state index in [4.69, 9.17) is 4.98 Å². The number of hydrogen-bond donors (Lipinski definition) is 0. The summed E-state index contributed by atoms with van der Waals surface area (Å²) >= 11 is 0. The number of aromatic nitrogens is 3. The molecule has 4 nitrogen and oxygen atoms in total. The summed E-state index contributed by atoms with van der Waals surface area (Å²) in [6.45, 7) is 9.05. The van der Waals surface area contributed by atoms with E-state index >= 15 is 0 Å². The summed E-state index contributed by atoms with van der Waals surface area (Å²) in [5.74, 6) is 0.997. The average molecular weight is 328 g/mol. The summed E-state index contributed by atoms with van der Waals surface area (Å²) < 4.78 is 0. The lowest BCUT2D eigenvalue weighted by atomic mass is 9.68. The maximum atomic E-state index is 4.77. The molecule has 0 radical (unpaired) electrons. The standard InChI is InChI=1S/C21H20N4/c1-20(2)13-7-9-22-12-17(13)25-18-15(20)10-23-11-16(18)21(3,4)14-6-5-8-24-19(14)25/h5-12H,1-4H3. The van der Waals surface area contributed by atoms with Crippen molar-refractivity contribution in [2.45, 2.75) is 38.5 Å². The second-order valence-corrected chi connectivity index (χ2v) is 7.94. The van der Waals surface area contributed by atoms with Crippen LogP contribution in [0.1, 0.15) is 49.9 Å². The van der Waals surface area contributed by atoms with Gasteiger partial charge in [0.15, 0.2) is 0 Å². The Morgan fingerprint density at radius 3 is 2.24 bits per heavy atom. The SMILES string of the molecule is CC1(C)c2ccncc2N2c3ncccc3C(C)(C)c3cncc1c32. The van der Waals surface area contributed by atoms with E-state index in [1.807, 2.05) is 37.1 Å². The van der Waals surface area contributed by atoms with Gasteiger partial charge in [-0.25, -0.2) is 4.98 Å². The molecule has 5 heterocycles. The molecule has 3 aromatic rings. The van der Waals surface area contributed by atoms with Crippen LogP contribution in [0.2, 0.25) is 0 Å². The van der Waals surface area contributed by atoms with Gasteiger partial charge in [0.05, 0.1) is 17.6 Å². The largest absolute Gasteiger partial charge is 0.292 e. The Morgan fingerprint density at radius 1 is 0.760 bits per heavy atom. The lowest BCUT2D eigenvalue weighted by Crippen LogP contribution is -2.38. The Bertz CT molecular complexity index is 942. The number of hydrogen-bond acceptors (Lipinski definition) is 4. The minimum atomic E-state index is -0.145. The number of rotatable bonds is 0. The van der Waals surface area contributed by atoms with Crippen LogP contribution in [0.4, 0.5) is 17.2 Å². The molecule has 0 bridgehead atoms. The quantitative estimate of drug-likeness (QED) is 0.604. The lowest BCUT2D eigenvalue weighted by Gasteiger charge is -2.47. The van der Waals surface area contributed by atoms with Crippen LogP contribution in [0, 0.1) is 0 Å². The van der Waals surface area contributed by atoms with Crippen molar-refractivity contribution in [1.29, 1.82) is 0 Å². The van der Waals surface area contributed by atoms with Crippen molar-refractivity contribution in [3.63, 3.8) is 0 Å². The van der Waals surface area contributed by atoms with Gasteiger partial charge in [-0.2, -0.15) is 0 Å². The smallest absolute Gasteiger partial charge is 0.141 e. The maximum absolute atomic E-state index is 4.77. The molecule has 0 saturated heterocycles. The van der Waals surface area contributed by atoms with Crippen molar-refractivity contribution in [2.75, 3.05) is 4.90 Å². The summed E-state index contributed by atoms with van der Waals surface area (Å²) in [4.78, 5) is 16.1. The van der Waals surface area contributed by atoms with Gasteiger partial charge in [-0.1, -0.05) is 33.8 Å². The fourth-order valence-corrected chi connectivity index (χ4v) is 4.40. The van der Waals surface area contributed by atoms with Crippen LogP contribution < -0.4 is 4.90 Å². The molecule has 0 aliphatic carbocycles. The molecule has 0 spiro atoms. The van der Waals surface area contributed by atoms with Gasteiger partial charge in [0.1, 0.15) is 5.82 Å². The fourth-order valence-electron chi connectivity index (χ4n) is 4.40. The highest BCUT2D eigenvalue weighted by Crippen LogP contribution is 2.58. The van der Waals surface area contributed by atoms with E-state index in [2.05, 4.69) is 54.7 Å². The molecule has 2 aliphatic heterocycles. The summed E-state index contributed by atoms with van der Waals surface area (Å²) in [6.07, 6.45) is 9.73. The summed E-state index contributed by atoms with van der Waals surface area (Å²) in [6, 6.07) is 6.31. The molecule has 25 heavy (non-hydrogen) atoms. The van der Waals surface area contributed by atoms with Crippen LogP contribution in [0.3, 0.4) is 0 Å². The molecule has 0 saturated carbocycles. The van der Waals surface area contributed by atoms with Gasteiger partial charge in [0.25, 0.3) is 0 Å². The van der Waals surface area contributed by atoms with E-state index in [9.17, 15) is 0 Å². The van der Waals surface area contributed by atoms with Gasteiger partial charge < -0.3 is 0 Å². The predicted molar refractivity (Wildman–Crippen MR) is 98.8 cm³/mol. The first-order chi connectivity index (χ1) is 11.9. The van der Waals surface area contributed by atoms with Crippen LogP contribution in [0.5, 0.6) is 0 Å². The average Bonchev–Trinajstić information content (AvgIpc) is 2.61. The van der Waals surface area contributed by atoms with Crippen molar-refractivity contribution in [3.05, 3.63) is 71.4 Å². The normalized spacial score (nSPS) is 18.2. The minimum absolute atomic E-state index is 0.129. The van der Waals surface area contributed by atoms with Gasteiger partial charge in [-0.05, 0) is 17.7 Å². The van der Waals surface area contributed by atoms with E-state index in [0.29, 0.717) is 0 Å². The first kappa shape index (κ1) is 14.6. The number of pyridine rings is 3. The first-order valence-corrected chi connectivity index (χ1v) is 8.63. The van der Waals surface area contributed by atoms with E-state index in [1.165, 1.54) is 27.9 Å². The molecule has 2 aliphatic rings. The fraction of sp³-hybridized carbons (Fsp3) is 0.286. The van der Waals surface area contributed by atoms with E-state index in [-0.39, 0.29) is 10.8 Å². The second-order valence-electron chi connectivity index (χ2n) is 7.94. The molecule has 0 aromatic carbocycles. The Balaban J connectivity index is 1.97. The highest BCUT2D eigenvalue weighted by Gasteiger charge is 2.46. The number of anilines is 3. The van der Waals surface area contributed by atoms with E-state index in [0.717, 1.165) is 11.5 Å². The molecule has 4 heteroatoms. The summed E-state index contributed by atoms with van der Waals surface area (Å²) in [7, 11) is 0. The Kier molecular flexibility index (Phi) is 2.60. The molecule has 5 rings (SSSR count). The van der Waals surface area contributed by atoms with Gasteiger partial charge in [0.2, 0.25) is 0 Å². The van der Waals surface area contributed by atoms with Crippen LogP contribution in [0.15, 0.2) is 49.2 Å². The van der Waals surface area contributed by atoms with Crippen molar-refractivity contribution >= 4 is 17.2 Å². The van der Waals surface area contributed by atoms with Gasteiger partial charge >= 0.3 is 0 Å². The second kappa shape index (κ2) is 4.45. The van der Waals surface area contributed by atoms with Crippen molar-refractivity contribution in [1.82, 2.24) is 15.0 Å². The van der Waals surface area contributed by atoms with Crippen molar-refractivity contribution in [2.24, 2.45) is 0 Å².